The molecule has 0 heterocycles. The summed E-state index contributed by atoms with van der Waals surface area (Å²) in [5, 5.41) is 20.2. The third-order valence-electron chi connectivity index (χ3n) is 10.0. The highest BCUT2D eigenvalue weighted by Gasteiger charge is 2.45. The van der Waals surface area contributed by atoms with E-state index < -0.39 is 46.6 Å². The van der Waals surface area contributed by atoms with Gasteiger partial charge in [-0.1, -0.05) is 71.9 Å². The first-order chi connectivity index (χ1) is 21.8. The Morgan fingerprint density at radius 1 is 1.00 bits per heavy atom. The first-order valence-electron chi connectivity index (χ1n) is 17.2. The SMILES string of the molecule is CC[Si](CC)(CC)OC1C[C@H](O)[C@H](C/C=C\CCCC(=O)O)[C@H]1/C=C/[C@H](COc1cccc(C(F)(F)F)c1)O[Si](CC)(CC)CC. The molecule has 1 saturated carbocycles. The molecular weight excluding hydrogens is 630 g/mol. The summed E-state index contributed by atoms with van der Waals surface area (Å²) in [5.74, 6) is -0.849. The molecule has 1 aliphatic carbocycles. The molecule has 0 saturated heterocycles. The van der Waals surface area contributed by atoms with Crippen molar-refractivity contribution in [1.82, 2.24) is 0 Å². The van der Waals surface area contributed by atoms with Gasteiger partial charge in [0, 0.05) is 12.3 Å². The highest BCUT2D eigenvalue weighted by Crippen LogP contribution is 2.41. The van der Waals surface area contributed by atoms with Crippen LogP contribution in [-0.4, -0.2) is 57.7 Å². The molecule has 0 amide bonds. The molecule has 1 aromatic rings. The number of ether oxygens (including phenoxy) is 1. The maximum atomic E-state index is 13.4. The van der Waals surface area contributed by atoms with Gasteiger partial charge in [-0.2, -0.15) is 13.2 Å². The molecule has 1 fully saturated rings. The van der Waals surface area contributed by atoms with E-state index in [9.17, 15) is 23.1 Å². The number of carboxylic acids is 1. The molecule has 1 aromatic carbocycles. The minimum absolute atomic E-state index is 0.0685. The molecule has 0 bridgehead atoms. The summed E-state index contributed by atoms with van der Waals surface area (Å²) in [6.07, 6.45) is 4.99. The normalized spacial score (nSPS) is 21.8. The van der Waals surface area contributed by atoms with Crippen molar-refractivity contribution in [2.24, 2.45) is 11.8 Å². The maximum Gasteiger partial charge on any atom is 0.416 e. The number of unbranched alkanes of at least 4 members (excludes halogenated alkanes) is 1. The van der Waals surface area contributed by atoms with E-state index >= 15 is 0 Å². The molecule has 2 rings (SSSR count). The van der Waals surface area contributed by atoms with E-state index in [1.54, 1.807) is 0 Å². The summed E-state index contributed by atoms with van der Waals surface area (Å²) in [4.78, 5) is 10.9. The van der Waals surface area contributed by atoms with E-state index in [-0.39, 0.29) is 36.7 Å². The predicted molar refractivity (Wildman–Crippen MR) is 183 cm³/mol. The van der Waals surface area contributed by atoms with Crippen LogP contribution in [0.4, 0.5) is 13.2 Å². The molecular formula is C35H57F3O6Si2. The number of aliphatic hydroxyl groups is 1. The second-order valence-corrected chi connectivity index (χ2v) is 22.0. The van der Waals surface area contributed by atoms with Crippen molar-refractivity contribution in [3.05, 3.63) is 54.1 Å². The zero-order valence-corrected chi connectivity index (χ0v) is 30.7. The van der Waals surface area contributed by atoms with Crippen LogP contribution in [0, 0.1) is 11.8 Å². The number of carbonyl (C=O) groups is 1. The fourth-order valence-electron chi connectivity index (χ4n) is 6.52. The molecule has 5 atom stereocenters. The second kappa shape index (κ2) is 19.2. The van der Waals surface area contributed by atoms with Crippen LogP contribution in [0.3, 0.4) is 0 Å². The Hall–Kier alpha value is -1.93. The quantitative estimate of drug-likeness (QED) is 0.0761. The summed E-state index contributed by atoms with van der Waals surface area (Å²) in [7, 11) is -4.11. The van der Waals surface area contributed by atoms with Gasteiger partial charge in [0.05, 0.1) is 23.9 Å². The number of alkyl halides is 3. The van der Waals surface area contributed by atoms with E-state index in [1.165, 1.54) is 12.1 Å². The highest BCUT2D eigenvalue weighted by molar-refractivity contribution is 6.74. The summed E-state index contributed by atoms with van der Waals surface area (Å²) < 4.78 is 59.8. The minimum atomic E-state index is -4.46. The predicted octanol–water partition coefficient (Wildman–Crippen LogP) is 9.62. The fraction of sp³-hybridized carbons (Fsp3) is 0.686. The minimum Gasteiger partial charge on any atom is -0.491 e. The summed E-state index contributed by atoms with van der Waals surface area (Å²) >= 11 is 0. The van der Waals surface area contributed by atoms with Gasteiger partial charge in [-0.15, -0.1) is 0 Å². The number of rotatable bonds is 21. The molecule has 0 radical (unpaired) electrons. The van der Waals surface area contributed by atoms with Gasteiger partial charge in [0.1, 0.15) is 12.4 Å². The molecule has 6 nitrogen and oxygen atoms in total. The van der Waals surface area contributed by atoms with Gasteiger partial charge < -0.3 is 23.8 Å². The third kappa shape index (κ3) is 11.9. The van der Waals surface area contributed by atoms with Gasteiger partial charge in [0.15, 0.2) is 16.6 Å². The van der Waals surface area contributed by atoms with E-state index in [0.717, 1.165) is 48.4 Å². The Morgan fingerprint density at radius 2 is 1.63 bits per heavy atom. The van der Waals surface area contributed by atoms with Crippen LogP contribution in [0.25, 0.3) is 0 Å². The molecule has 1 unspecified atom stereocenters. The fourth-order valence-corrected chi connectivity index (χ4v) is 12.2. The molecule has 46 heavy (non-hydrogen) atoms. The van der Waals surface area contributed by atoms with Crippen LogP contribution in [-0.2, 0) is 19.8 Å². The highest BCUT2D eigenvalue weighted by atomic mass is 28.4. The number of allylic oxidation sites excluding steroid dienone is 2. The van der Waals surface area contributed by atoms with Crippen LogP contribution in [0.5, 0.6) is 5.75 Å². The van der Waals surface area contributed by atoms with E-state index in [2.05, 4.69) is 47.6 Å². The third-order valence-corrected chi connectivity index (χ3v) is 19.4. The lowest BCUT2D eigenvalue weighted by Crippen LogP contribution is -2.42. The average Bonchev–Trinajstić information content (AvgIpc) is 3.33. The average molecular weight is 687 g/mol. The lowest BCUT2D eigenvalue weighted by Gasteiger charge is -2.35. The number of hydrogen-bond acceptors (Lipinski definition) is 5. The summed E-state index contributed by atoms with van der Waals surface area (Å²) in [6, 6.07) is 10.6. The Morgan fingerprint density at radius 3 is 2.20 bits per heavy atom. The van der Waals surface area contributed by atoms with Gasteiger partial charge >= 0.3 is 12.1 Å². The van der Waals surface area contributed by atoms with Crippen molar-refractivity contribution in [1.29, 1.82) is 0 Å². The van der Waals surface area contributed by atoms with Gasteiger partial charge in [-0.25, -0.2) is 0 Å². The van der Waals surface area contributed by atoms with Crippen LogP contribution in [0.2, 0.25) is 36.3 Å². The number of aliphatic carboxylic acids is 1. The van der Waals surface area contributed by atoms with Gasteiger partial charge in [0.25, 0.3) is 0 Å². The van der Waals surface area contributed by atoms with Crippen molar-refractivity contribution in [2.75, 3.05) is 6.61 Å². The van der Waals surface area contributed by atoms with Gasteiger partial charge in [-0.05, 0) is 86.1 Å². The van der Waals surface area contributed by atoms with Gasteiger partial charge in [0.2, 0.25) is 0 Å². The maximum absolute atomic E-state index is 13.4. The topological polar surface area (TPSA) is 85.2 Å². The lowest BCUT2D eigenvalue weighted by atomic mass is 9.89. The Bertz CT molecular complexity index is 1090. The molecule has 0 aliphatic heterocycles. The van der Waals surface area contributed by atoms with Crippen molar-refractivity contribution < 1.29 is 41.8 Å². The first-order valence-corrected chi connectivity index (χ1v) is 22.3. The van der Waals surface area contributed by atoms with E-state index in [1.807, 2.05) is 18.2 Å². The Kier molecular flexibility index (Phi) is 16.8. The van der Waals surface area contributed by atoms with Crippen molar-refractivity contribution in [3.63, 3.8) is 0 Å². The Labute approximate surface area is 276 Å². The molecule has 0 aromatic heterocycles. The zero-order chi connectivity index (χ0) is 34.4. The zero-order valence-electron chi connectivity index (χ0n) is 28.7. The lowest BCUT2D eigenvalue weighted by molar-refractivity contribution is -0.138. The number of aliphatic hydroxyl groups excluding tert-OH is 1. The molecule has 0 spiro atoms. The van der Waals surface area contributed by atoms with Crippen LogP contribution in [0.15, 0.2) is 48.6 Å². The number of benzene rings is 1. The van der Waals surface area contributed by atoms with Crippen LogP contribution in [0.1, 0.15) is 79.2 Å². The first kappa shape index (κ1) is 40.2. The van der Waals surface area contributed by atoms with E-state index in [4.69, 9.17) is 18.7 Å². The standard InChI is InChI=1S/C35H57F3O6Si2/c1-7-45(8-2,9-3)43-29(26-42-28-19-17-18-27(24-28)35(36,37)38)22-23-31-30(20-15-13-14-16-21-34(40)41)32(39)25-33(31)44-46(10-4,11-5)12-6/h13,15,17-19,22-24,29-33,39H,7-12,14,16,20-21,25-26H2,1-6H3,(H,40,41)/b15-13-,23-22+/t29-,30-,31-,32+,33?/m1/s1. The number of carboxylic acid groups (broad SMARTS) is 1. The Balaban J connectivity index is 2.40. The van der Waals surface area contributed by atoms with Crippen molar-refractivity contribution in [3.8, 4) is 5.75 Å². The second-order valence-electron chi connectivity index (χ2n) is 12.6. The van der Waals surface area contributed by atoms with E-state index in [0.29, 0.717) is 25.7 Å². The summed E-state index contributed by atoms with van der Waals surface area (Å²) in [5.41, 5.74) is -0.758. The van der Waals surface area contributed by atoms with Gasteiger partial charge in [-0.3, -0.25) is 4.79 Å². The molecule has 11 heteroatoms. The van der Waals surface area contributed by atoms with Crippen LogP contribution >= 0.6 is 0 Å². The van der Waals surface area contributed by atoms with Crippen LogP contribution < -0.4 is 4.74 Å². The number of halogens is 3. The molecule has 262 valence electrons. The monoisotopic (exact) mass is 686 g/mol. The smallest absolute Gasteiger partial charge is 0.416 e. The number of hydrogen-bond donors (Lipinski definition) is 2. The molecule has 1 aliphatic rings. The van der Waals surface area contributed by atoms with Crippen molar-refractivity contribution in [2.45, 2.75) is 134 Å². The molecule has 2 N–H and O–H groups in total. The largest absolute Gasteiger partial charge is 0.491 e. The summed E-state index contributed by atoms with van der Waals surface area (Å²) in [6.45, 7) is 13.0. The van der Waals surface area contributed by atoms with Crippen molar-refractivity contribution >= 4 is 22.6 Å².